The number of nitrogens with zero attached hydrogens (tertiary/aromatic N) is 3. The quantitative estimate of drug-likeness (QED) is 0.417. The van der Waals surface area contributed by atoms with E-state index in [0.717, 1.165) is 37.6 Å². The number of ether oxygens (including phenoxy) is 1. The Morgan fingerprint density at radius 3 is 1.77 bits per heavy atom. The fourth-order valence-electron chi connectivity index (χ4n) is 5.97. The number of benzene rings is 3. The highest BCUT2D eigenvalue weighted by molar-refractivity contribution is 7.87. The van der Waals surface area contributed by atoms with Gasteiger partial charge in [0.2, 0.25) is 0 Å². The van der Waals surface area contributed by atoms with Gasteiger partial charge in [0.1, 0.15) is 17.0 Å². The topological polar surface area (TPSA) is 133 Å². The predicted molar refractivity (Wildman–Crippen MR) is 153 cm³/mol. The van der Waals surface area contributed by atoms with Crippen LogP contribution in [0.5, 0.6) is 11.5 Å². The molecule has 0 saturated carbocycles. The lowest BCUT2D eigenvalue weighted by Crippen LogP contribution is -2.52. The van der Waals surface area contributed by atoms with Crippen LogP contribution < -0.4 is 19.7 Å². The van der Waals surface area contributed by atoms with Gasteiger partial charge in [0.05, 0.1) is 5.56 Å². The first kappa shape index (κ1) is 27.5. The van der Waals surface area contributed by atoms with E-state index in [4.69, 9.17) is 9.88 Å². The van der Waals surface area contributed by atoms with E-state index in [2.05, 4.69) is 9.80 Å². The lowest BCUT2D eigenvalue weighted by molar-refractivity contribution is 0.0696. The zero-order chi connectivity index (χ0) is 29.0. The van der Waals surface area contributed by atoms with E-state index < -0.39 is 27.6 Å². The lowest BCUT2D eigenvalue weighted by atomic mass is 9.75. The van der Waals surface area contributed by atoms with Crippen molar-refractivity contribution < 1.29 is 27.9 Å². The molecule has 0 radical (unpaired) electrons. The maximum Gasteiger partial charge on any atom is 0.335 e. The van der Waals surface area contributed by atoms with Crippen LogP contribution in [0.4, 0.5) is 11.4 Å². The average Bonchev–Trinajstić information content (AvgIpc) is 3.18. The molecule has 2 aliphatic heterocycles. The highest BCUT2D eigenvalue weighted by Crippen LogP contribution is 2.59. The first-order chi connectivity index (χ1) is 19.0. The Morgan fingerprint density at radius 2 is 1.35 bits per heavy atom. The normalized spacial score (nSPS) is 14.8. The SMILES string of the molecule is CCN(CC)c1ccc2c(c1)Oc1cc(N(CC)CC)ccc1C21c2cc(C(=O)O)ccc2C(=O)N1S(N)(=O)=O. The number of anilines is 2. The molecule has 5 rings (SSSR count). The highest BCUT2D eigenvalue weighted by Gasteiger charge is 2.60. The van der Waals surface area contributed by atoms with Crippen molar-refractivity contribution in [2.24, 2.45) is 5.14 Å². The van der Waals surface area contributed by atoms with Crippen molar-refractivity contribution in [1.29, 1.82) is 0 Å². The first-order valence-electron chi connectivity index (χ1n) is 13.2. The number of hydrogen-bond donors (Lipinski definition) is 2. The third-order valence-electron chi connectivity index (χ3n) is 7.82. The van der Waals surface area contributed by atoms with Crippen molar-refractivity contribution in [3.05, 3.63) is 82.4 Å². The molecule has 0 atom stereocenters. The number of hydrogen-bond acceptors (Lipinski definition) is 7. The maximum atomic E-state index is 13.8. The van der Waals surface area contributed by atoms with Crippen LogP contribution in [0.25, 0.3) is 0 Å². The van der Waals surface area contributed by atoms with Crippen molar-refractivity contribution in [1.82, 2.24) is 4.31 Å². The molecule has 3 N–H and O–H groups in total. The van der Waals surface area contributed by atoms with E-state index in [0.29, 0.717) is 26.9 Å². The molecule has 3 aromatic carbocycles. The number of rotatable bonds is 8. The van der Waals surface area contributed by atoms with Gasteiger partial charge in [-0.1, -0.05) is 12.1 Å². The van der Waals surface area contributed by atoms with Crippen molar-refractivity contribution >= 4 is 33.5 Å². The van der Waals surface area contributed by atoms with Crippen LogP contribution in [-0.2, 0) is 15.7 Å². The van der Waals surface area contributed by atoms with Crippen molar-refractivity contribution in [2.75, 3.05) is 36.0 Å². The molecule has 0 saturated heterocycles. The summed E-state index contributed by atoms with van der Waals surface area (Å²) in [4.78, 5) is 30.1. The van der Waals surface area contributed by atoms with Gasteiger partial charge < -0.3 is 19.6 Å². The first-order valence-corrected chi connectivity index (χ1v) is 14.7. The summed E-state index contributed by atoms with van der Waals surface area (Å²) < 4.78 is 33.7. The number of carboxylic acids is 1. The summed E-state index contributed by atoms with van der Waals surface area (Å²) in [5, 5.41) is 15.6. The van der Waals surface area contributed by atoms with E-state index in [1.165, 1.54) is 18.2 Å². The highest BCUT2D eigenvalue weighted by atomic mass is 32.2. The zero-order valence-electron chi connectivity index (χ0n) is 22.8. The minimum Gasteiger partial charge on any atom is -0.478 e. The molecule has 10 nitrogen and oxygen atoms in total. The molecule has 0 aromatic heterocycles. The molecule has 1 amide bonds. The third kappa shape index (κ3) is 3.91. The molecule has 210 valence electrons. The standard InChI is InChI=1S/C29H32N4O6S/c1-5-31(6-2)19-10-13-22-25(16-19)39-26-17-20(32(7-3)8-4)11-14-23(26)29(22)24-15-18(28(35)36)9-12-21(24)27(34)33(29)40(30,37)38/h9-17H,5-8H2,1-4H3,(H,35,36)(H2,30,37,38). The van der Waals surface area contributed by atoms with E-state index in [1.54, 1.807) is 12.1 Å². The van der Waals surface area contributed by atoms with Crippen LogP contribution in [0.3, 0.4) is 0 Å². The largest absolute Gasteiger partial charge is 0.478 e. The molecule has 3 aromatic rings. The summed E-state index contributed by atoms with van der Waals surface area (Å²) in [5.74, 6) is -1.35. The molecule has 0 bridgehead atoms. The lowest BCUT2D eigenvalue weighted by Gasteiger charge is -2.43. The van der Waals surface area contributed by atoms with Gasteiger partial charge in [-0.3, -0.25) is 4.79 Å². The molecular weight excluding hydrogens is 532 g/mol. The smallest absolute Gasteiger partial charge is 0.335 e. The van der Waals surface area contributed by atoms with E-state index in [9.17, 15) is 23.1 Å². The average molecular weight is 565 g/mol. The molecule has 2 heterocycles. The van der Waals surface area contributed by atoms with Crippen molar-refractivity contribution in [2.45, 2.75) is 33.2 Å². The van der Waals surface area contributed by atoms with Gasteiger partial charge in [0.15, 0.2) is 0 Å². The van der Waals surface area contributed by atoms with Crippen LogP contribution in [0.15, 0.2) is 54.6 Å². The number of carbonyl (C=O) groups excluding carboxylic acids is 1. The van der Waals surface area contributed by atoms with Crippen LogP contribution >= 0.6 is 0 Å². The summed E-state index contributed by atoms with van der Waals surface area (Å²) in [5.41, 5.74) is 0.850. The monoisotopic (exact) mass is 564 g/mol. The summed E-state index contributed by atoms with van der Waals surface area (Å²) >= 11 is 0. The van der Waals surface area contributed by atoms with Gasteiger partial charge in [-0.25, -0.2) is 14.2 Å². The Labute approximate surface area is 233 Å². The third-order valence-corrected chi connectivity index (χ3v) is 8.77. The van der Waals surface area contributed by atoms with Crippen LogP contribution in [-0.4, -0.2) is 55.9 Å². The van der Waals surface area contributed by atoms with Gasteiger partial charge in [-0.05, 0) is 58.0 Å². The number of nitrogens with two attached hydrogens (primary N) is 1. The minimum absolute atomic E-state index is 0.0541. The maximum absolute atomic E-state index is 13.8. The second kappa shape index (κ2) is 9.83. The second-order valence-electron chi connectivity index (χ2n) is 9.70. The van der Waals surface area contributed by atoms with Gasteiger partial charge in [-0.15, -0.1) is 0 Å². The summed E-state index contributed by atoms with van der Waals surface area (Å²) in [7, 11) is -4.66. The summed E-state index contributed by atoms with van der Waals surface area (Å²) in [6, 6.07) is 14.8. The Balaban J connectivity index is 1.92. The van der Waals surface area contributed by atoms with Gasteiger partial charge >= 0.3 is 16.2 Å². The Kier molecular flexibility index (Phi) is 6.75. The molecule has 40 heavy (non-hydrogen) atoms. The zero-order valence-corrected chi connectivity index (χ0v) is 23.7. The van der Waals surface area contributed by atoms with E-state index >= 15 is 0 Å². The molecule has 2 aliphatic rings. The van der Waals surface area contributed by atoms with Crippen molar-refractivity contribution in [3.63, 3.8) is 0 Å². The summed E-state index contributed by atoms with van der Waals surface area (Å²) in [6.07, 6.45) is 0. The van der Waals surface area contributed by atoms with E-state index in [-0.39, 0.29) is 16.7 Å². The number of carbonyl (C=O) groups is 2. The Morgan fingerprint density at radius 1 is 0.850 bits per heavy atom. The predicted octanol–water partition coefficient (Wildman–Crippen LogP) is 4.13. The van der Waals surface area contributed by atoms with Gasteiger partial charge in [-0.2, -0.15) is 8.42 Å². The van der Waals surface area contributed by atoms with Gasteiger partial charge in [0, 0.05) is 71.9 Å². The molecule has 0 aliphatic carbocycles. The molecule has 11 heteroatoms. The Hall–Kier alpha value is -4.09. The number of carboxylic acid groups (broad SMARTS) is 1. The number of amides is 1. The van der Waals surface area contributed by atoms with Crippen LogP contribution in [0.1, 0.15) is 65.1 Å². The van der Waals surface area contributed by atoms with Crippen molar-refractivity contribution in [3.8, 4) is 11.5 Å². The fraction of sp³-hybridized carbons (Fsp3) is 0.310. The second-order valence-corrected chi connectivity index (χ2v) is 11.1. The summed E-state index contributed by atoms with van der Waals surface area (Å²) in [6.45, 7) is 11.0. The van der Waals surface area contributed by atoms with Crippen LogP contribution in [0.2, 0.25) is 0 Å². The van der Waals surface area contributed by atoms with Crippen LogP contribution in [0, 0.1) is 0 Å². The minimum atomic E-state index is -4.66. The molecule has 1 spiro atoms. The Bertz CT molecular complexity index is 1570. The number of aromatic carboxylic acids is 1. The molecule has 0 unspecified atom stereocenters. The molecule has 0 fully saturated rings. The van der Waals surface area contributed by atoms with E-state index in [1.807, 2.05) is 52.0 Å². The van der Waals surface area contributed by atoms with Gasteiger partial charge in [0.25, 0.3) is 5.91 Å². The molecular formula is C29H32N4O6S. The fourth-order valence-corrected chi connectivity index (χ4v) is 6.98. The number of fused-ring (bicyclic) bond motifs is 6.